The van der Waals surface area contributed by atoms with E-state index in [2.05, 4.69) is 72.9 Å². The molecule has 0 aliphatic heterocycles. The molecule has 0 aliphatic carbocycles. The topological polar surface area (TPSA) is 0 Å². The fraction of sp³-hybridized carbons (Fsp3) is 1.00. The highest BCUT2D eigenvalue weighted by Gasteiger charge is 2.19. The molecule has 0 bridgehead atoms. The van der Waals surface area contributed by atoms with E-state index in [1.54, 1.807) is 0 Å². The molecule has 0 saturated heterocycles. The SMILES string of the molecule is CC(C)CCC(C)C(C)CSC(C)C(C)C(C)S. The minimum atomic E-state index is 0.501. The number of thioether (sulfide) groups is 1. The van der Waals surface area contributed by atoms with E-state index in [0.717, 1.165) is 23.0 Å². The molecule has 0 heterocycles. The summed E-state index contributed by atoms with van der Waals surface area (Å²) >= 11 is 6.69. The quantitative estimate of drug-likeness (QED) is 0.526. The van der Waals surface area contributed by atoms with Gasteiger partial charge in [0.1, 0.15) is 0 Å². The van der Waals surface area contributed by atoms with Gasteiger partial charge in [0.2, 0.25) is 0 Å². The van der Waals surface area contributed by atoms with Crippen molar-refractivity contribution in [2.24, 2.45) is 23.7 Å². The van der Waals surface area contributed by atoms with Crippen LogP contribution in [0.5, 0.6) is 0 Å². The van der Waals surface area contributed by atoms with E-state index in [0.29, 0.717) is 11.2 Å². The molecule has 0 nitrogen and oxygen atoms in total. The van der Waals surface area contributed by atoms with E-state index in [9.17, 15) is 0 Å². The second-order valence-electron chi connectivity index (χ2n) is 6.56. The molecule has 0 radical (unpaired) electrons. The van der Waals surface area contributed by atoms with Crippen molar-refractivity contribution >= 4 is 24.4 Å². The van der Waals surface area contributed by atoms with Gasteiger partial charge in [-0.15, -0.1) is 0 Å². The van der Waals surface area contributed by atoms with Gasteiger partial charge in [-0.3, -0.25) is 0 Å². The summed E-state index contributed by atoms with van der Waals surface area (Å²) in [5.41, 5.74) is 0. The van der Waals surface area contributed by atoms with Crippen LogP contribution in [0.1, 0.15) is 61.3 Å². The summed E-state index contributed by atoms with van der Waals surface area (Å²) in [5, 5.41) is 1.22. The van der Waals surface area contributed by atoms with Gasteiger partial charge in [0.05, 0.1) is 0 Å². The van der Waals surface area contributed by atoms with Crippen LogP contribution in [0.15, 0.2) is 0 Å². The third kappa shape index (κ3) is 7.99. The maximum atomic E-state index is 4.56. The summed E-state index contributed by atoms with van der Waals surface area (Å²) in [5.74, 6) is 4.52. The Hall–Kier alpha value is 0.700. The Bertz CT molecular complexity index is 201. The Morgan fingerprint density at radius 2 is 1.39 bits per heavy atom. The van der Waals surface area contributed by atoms with Crippen LogP contribution in [-0.4, -0.2) is 16.3 Å². The second kappa shape index (κ2) is 9.58. The van der Waals surface area contributed by atoms with Crippen molar-refractivity contribution < 1.29 is 0 Å². The lowest BCUT2D eigenvalue weighted by Crippen LogP contribution is -2.21. The monoisotopic (exact) mass is 290 g/mol. The normalized spacial score (nSPS) is 20.5. The molecule has 5 atom stereocenters. The van der Waals surface area contributed by atoms with Gasteiger partial charge in [-0.1, -0.05) is 61.3 Å². The van der Waals surface area contributed by atoms with Gasteiger partial charge < -0.3 is 0 Å². The van der Waals surface area contributed by atoms with Crippen molar-refractivity contribution in [2.75, 3.05) is 5.75 Å². The zero-order valence-corrected chi connectivity index (χ0v) is 15.2. The van der Waals surface area contributed by atoms with Crippen molar-refractivity contribution in [3.8, 4) is 0 Å². The van der Waals surface area contributed by atoms with Gasteiger partial charge in [0.15, 0.2) is 0 Å². The Morgan fingerprint density at radius 3 is 1.83 bits per heavy atom. The van der Waals surface area contributed by atoms with Crippen LogP contribution >= 0.6 is 24.4 Å². The number of hydrogen-bond donors (Lipinski definition) is 1. The van der Waals surface area contributed by atoms with Crippen LogP contribution < -0.4 is 0 Å². The minimum Gasteiger partial charge on any atom is -0.176 e. The van der Waals surface area contributed by atoms with Gasteiger partial charge in [0, 0.05) is 10.5 Å². The lowest BCUT2D eigenvalue weighted by atomic mass is 9.90. The average molecular weight is 291 g/mol. The fourth-order valence-corrected chi connectivity index (χ4v) is 3.74. The molecule has 110 valence electrons. The number of rotatable bonds is 9. The summed E-state index contributed by atoms with van der Waals surface area (Å²) in [6.07, 6.45) is 2.75. The molecule has 0 saturated carbocycles. The van der Waals surface area contributed by atoms with Gasteiger partial charge in [-0.25, -0.2) is 0 Å². The zero-order chi connectivity index (χ0) is 14.3. The van der Waals surface area contributed by atoms with Crippen molar-refractivity contribution in [3.63, 3.8) is 0 Å². The molecule has 0 rings (SSSR count). The summed E-state index contributed by atoms with van der Waals surface area (Å²) in [6.45, 7) is 16.4. The molecule has 2 heteroatoms. The van der Waals surface area contributed by atoms with Crippen molar-refractivity contribution in [3.05, 3.63) is 0 Å². The van der Waals surface area contributed by atoms with Crippen LogP contribution in [0.3, 0.4) is 0 Å². The molecule has 0 aliphatic rings. The standard InChI is InChI=1S/C16H34S2/c1-11(2)8-9-12(3)13(4)10-18-16(7)14(5)15(6)17/h11-17H,8-10H2,1-7H3. The number of thiol groups is 1. The van der Waals surface area contributed by atoms with Gasteiger partial charge in [-0.2, -0.15) is 24.4 Å². The van der Waals surface area contributed by atoms with Crippen molar-refractivity contribution in [1.29, 1.82) is 0 Å². The zero-order valence-electron chi connectivity index (χ0n) is 13.4. The Kier molecular flexibility index (Phi) is 9.95. The van der Waals surface area contributed by atoms with E-state index in [1.165, 1.54) is 18.6 Å². The Morgan fingerprint density at radius 1 is 0.833 bits per heavy atom. The third-order valence-electron chi connectivity index (χ3n) is 4.29. The molecular weight excluding hydrogens is 256 g/mol. The van der Waals surface area contributed by atoms with Gasteiger partial charge in [-0.05, 0) is 29.4 Å². The van der Waals surface area contributed by atoms with E-state index in [-0.39, 0.29) is 0 Å². The second-order valence-corrected chi connectivity index (χ2v) is 8.79. The fourth-order valence-electron chi connectivity index (χ4n) is 1.89. The number of hydrogen-bond acceptors (Lipinski definition) is 2. The van der Waals surface area contributed by atoms with E-state index >= 15 is 0 Å². The van der Waals surface area contributed by atoms with Crippen LogP contribution in [0.25, 0.3) is 0 Å². The van der Waals surface area contributed by atoms with E-state index < -0.39 is 0 Å². The summed E-state index contributed by atoms with van der Waals surface area (Å²) in [4.78, 5) is 0. The van der Waals surface area contributed by atoms with E-state index in [4.69, 9.17) is 0 Å². The Labute approximate surface area is 125 Å². The molecular formula is C16H34S2. The predicted octanol–water partition coefficient (Wildman–Crippen LogP) is 5.77. The first kappa shape index (κ1) is 18.7. The predicted molar refractivity (Wildman–Crippen MR) is 91.9 cm³/mol. The molecule has 0 fully saturated rings. The van der Waals surface area contributed by atoms with Crippen LogP contribution in [0, 0.1) is 23.7 Å². The smallest absolute Gasteiger partial charge is 0.00548 e. The van der Waals surface area contributed by atoms with E-state index in [1.807, 2.05) is 0 Å². The van der Waals surface area contributed by atoms with Crippen LogP contribution in [0.4, 0.5) is 0 Å². The lowest BCUT2D eigenvalue weighted by molar-refractivity contribution is 0.362. The molecule has 18 heavy (non-hydrogen) atoms. The molecule has 0 N–H and O–H groups in total. The molecule has 0 spiro atoms. The average Bonchev–Trinajstić information content (AvgIpc) is 2.30. The van der Waals surface area contributed by atoms with Crippen molar-refractivity contribution in [2.45, 2.75) is 71.8 Å². The first-order valence-electron chi connectivity index (χ1n) is 7.55. The molecule has 0 amide bonds. The summed E-state index contributed by atoms with van der Waals surface area (Å²) < 4.78 is 0. The highest BCUT2D eigenvalue weighted by atomic mass is 32.2. The largest absolute Gasteiger partial charge is 0.176 e. The van der Waals surface area contributed by atoms with Gasteiger partial charge >= 0.3 is 0 Å². The molecule has 0 aromatic carbocycles. The van der Waals surface area contributed by atoms with Crippen LogP contribution in [-0.2, 0) is 0 Å². The van der Waals surface area contributed by atoms with Gasteiger partial charge in [0.25, 0.3) is 0 Å². The summed E-state index contributed by atoms with van der Waals surface area (Å²) in [7, 11) is 0. The first-order chi connectivity index (χ1) is 8.25. The van der Waals surface area contributed by atoms with Crippen molar-refractivity contribution in [1.82, 2.24) is 0 Å². The first-order valence-corrected chi connectivity index (χ1v) is 9.11. The third-order valence-corrected chi connectivity index (χ3v) is 6.44. The molecule has 0 aromatic rings. The van der Waals surface area contributed by atoms with Crippen LogP contribution in [0.2, 0.25) is 0 Å². The lowest BCUT2D eigenvalue weighted by Gasteiger charge is -2.26. The highest BCUT2D eigenvalue weighted by molar-refractivity contribution is 7.99. The minimum absolute atomic E-state index is 0.501. The Balaban J connectivity index is 3.90. The molecule has 5 unspecified atom stereocenters. The maximum absolute atomic E-state index is 4.56. The summed E-state index contributed by atoms with van der Waals surface area (Å²) in [6, 6.07) is 0. The highest BCUT2D eigenvalue weighted by Crippen LogP contribution is 2.29. The maximum Gasteiger partial charge on any atom is 0.00548 e. The molecule has 0 aromatic heterocycles.